The molecule has 0 bridgehead atoms. The number of rotatable bonds is 5. The minimum absolute atomic E-state index is 0.00647. The third-order valence-electron chi connectivity index (χ3n) is 5.29. The van der Waals surface area contributed by atoms with Crippen LogP contribution in [0.2, 0.25) is 5.02 Å². The number of aromatic nitrogens is 1. The Bertz CT molecular complexity index is 1200. The van der Waals surface area contributed by atoms with Crippen LogP contribution in [-0.4, -0.2) is 28.4 Å². The number of Topliss-reactive ketones (excluding diaryl/α,β-unsaturated/α-hetero) is 1. The van der Waals surface area contributed by atoms with Crippen LogP contribution in [0.25, 0.3) is 5.76 Å². The number of aryl methyl sites for hydroxylation is 2. The van der Waals surface area contributed by atoms with Gasteiger partial charge in [0.25, 0.3) is 5.78 Å². The molecule has 1 N–H and O–H groups in total. The summed E-state index contributed by atoms with van der Waals surface area (Å²) in [5.74, 6) is -1.08. The minimum atomic E-state index is -0.827. The van der Waals surface area contributed by atoms with E-state index in [0.29, 0.717) is 33.6 Å². The van der Waals surface area contributed by atoms with E-state index in [2.05, 4.69) is 4.98 Å². The number of ether oxygens (including phenoxy) is 1. The molecule has 4 rings (SSSR count). The molecule has 1 atom stereocenters. The van der Waals surface area contributed by atoms with E-state index >= 15 is 0 Å². The Morgan fingerprint density at radius 1 is 1.12 bits per heavy atom. The molecule has 2 aromatic carbocycles. The fourth-order valence-corrected chi connectivity index (χ4v) is 4.64. The Kier molecular flexibility index (Phi) is 6.04. The van der Waals surface area contributed by atoms with Gasteiger partial charge in [-0.25, -0.2) is 4.98 Å². The quantitative estimate of drug-likeness (QED) is 0.306. The monoisotopic (exact) mass is 468 g/mol. The van der Waals surface area contributed by atoms with Crippen LogP contribution in [0.15, 0.2) is 54.1 Å². The van der Waals surface area contributed by atoms with Crippen molar-refractivity contribution >= 4 is 45.5 Å². The normalized spacial score (nSPS) is 17.8. The summed E-state index contributed by atoms with van der Waals surface area (Å²) in [6, 6.07) is 12.8. The van der Waals surface area contributed by atoms with E-state index in [9.17, 15) is 14.7 Å². The number of nitrogens with zero attached hydrogens (tertiary/aromatic N) is 2. The van der Waals surface area contributed by atoms with Gasteiger partial charge in [0.15, 0.2) is 5.13 Å². The van der Waals surface area contributed by atoms with Gasteiger partial charge in [-0.1, -0.05) is 23.7 Å². The van der Waals surface area contributed by atoms with E-state index in [1.807, 2.05) is 20.8 Å². The van der Waals surface area contributed by atoms with E-state index in [1.54, 1.807) is 48.5 Å². The van der Waals surface area contributed by atoms with E-state index < -0.39 is 17.7 Å². The van der Waals surface area contributed by atoms with Crippen LogP contribution in [0, 0.1) is 13.8 Å². The lowest BCUT2D eigenvalue weighted by Gasteiger charge is -2.23. The van der Waals surface area contributed by atoms with Crippen LogP contribution in [0.3, 0.4) is 0 Å². The molecule has 3 aromatic rings. The molecule has 2 heterocycles. The van der Waals surface area contributed by atoms with Crippen molar-refractivity contribution in [1.29, 1.82) is 0 Å². The van der Waals surface area contributed by atoms with Gasteiger partial charge in [-0.15, -0.1) is 11.3 Å². The zero-order valence-corrected chi connectivity index (χ0v) is 19.3. The van der Waals surface area contributed by atoms with Gasteiger partial charge in [-0.05, 0) is 62.7 Å². The van der Waals surface area contributed by atoms with Crippen LogP contribution >= 0.6 is 22.9 Å². The Morgan fingerprint density at radius 2 is 1.78 bits per heavy atom. The first-order chi connectivity index (χ1) is 15.3. The lowest BCUT2D eigenvalue weighted by molar-refractivity contribution is -0.132. The molecule has 0 spiro atoms. The highest BCUT2D eigenvalue weighted by Crippen LogP contribution is 2.44. The SMILES string of the molecule is CCOc1ccc(C2C(=C(O)c3ccc(Cl)cc3)C(=O)C(=O)N2c2nc(C)c(C)s2)cc1. The standard InChI is InChI=1S/C24H21ClN2O4S/c1-4-31-18-11-7-15(8-12-18)20-19(21(28)16-5-9-17(25)10-6-16)22(29)23(30)27(20)24-26-13(2)14(3)32-24/h5-12,20,28H,4H2,1-3H3. The van der Waals surface area contributed by atoms with Crippen LogP contribution in [0.1, 0.15) is 34.7 Å². The molecule has 1 aromatic heterocycles. The number of benzene rings is 2. The molecule has 8 heteroatoms. The summed E-state index contributed by atoms with van der Waals surface area (Å²) in [5, 5.41) is 12.0. The number of hydrogen-bond donors (Lipinski definition) is 1. The molecule has 1 fully saturated rings. The average molecular weight is 469 g/mol. The fraction of sp³-hybridized carbons (Fsp3) is 0.208. The number of ketones is 1. The zero-order chi connectivity index (χ0) is 23.0. The highest BCUT2D eigenvalue weighted by molar-refractivity contribution is 7.16. The van der Waals surface area contributed by atoms with Crippen LogP contribution < -0.4 is 9.64 Å². The van der Waals surface area contributed by atoms with E-state index in [0.717, 1.165) is 10.6 Å². The number of carbonyl (C=O) groups excluding carboxylic acids is 2. The van der Waals surface area contributed by atoms with Crippen molar-refractivity contribution in [3.05, 3.63) is 80.8 Å². The van der Waals surface area contributed by atoms with Gasteiger partial charge in [0, 0.05) is 15.5 Å². The second kappa shape index (κ2) is 8.76. The van der Waals surface area contributed by atoms with Crippen LogP contribution in [-0.2, 0) is 9.59 Å². The van der Waals surface area contributed by atoms with Crippen molar-refractivity contribution in [3.63, 3.8) is 0 Å². The van der Waals surface area contributed by atoms with Gasteiger partial charge in [0.05, 0.1) is 23.9 Å². The Labute approximate surface area is 194 Å². The Hall–Kier alpha value is -3.16. The summed E-state index contributed by atoms with van der Waals surface area (Å²) < 4.78 is 5.52. The first-order valence-corrected chi connectivity index (χ1v) is 11.2. The van der Waals surface area contributed by atoms with Crippen molar-refractivity contribution in [3.8, 4) is 5.75 Å². The molecule has 0 aliphatic carbocycles. The number of thiazole rings is 1. The molecule has 164 valence electrons. The lowest BCUT2D eigenvalue weighted by atomic mass is 9.95. The summed E-state index contributed by atoms with van der Waals surface area (Å²) >= 11 is 7.30. The number of anilines is 1. The molecular formula is C24H21ClN2O4S. The van der Waals surface area contributed by atoms with Crippen LogP contribution in [0.5, 0.6) is 5.75 Å². The summed E-state index contributed by atoms with van der Waals surface area (Å²) in [7, 11) is 0. The summed E-state index contributed by atoms with van der Waals surface area (Å²) in [6.07, 6.45) is 0. The van der Waals surface area contributed by atoms with E-state index in [-0.39, 0.29) is 11.3 Å². The van der Waals surface area contributed by atoms with E-state index in [4.69, 9.17) is 16.3 Å². The molecule has 1 amide bonds. The molecule has 1 aliphatic heterocycles. The summed E-state index contributed by atoms with van der Waals surface area (Å²) in [4.78, 5) is 33.1. The van der Waals surface area contributed by atoms with Gasteiger partial charge in [0.2, 0.25) is 0 Å². The van der Waals surface area contributed by atoms with Gasteiger partial charge >= 0.3 is 5.91 Å². The first-order valence-electron chi connectivity index (χ1n) is 10.1. The third kappa shape index (κ3) is 3.89. The van der Waals surface area contributed by atoms with Gasteiger partial charge in [0.1, 0.15) is 11.5 Å². The smallest absolute Gasteiger partial charge is 0.301 e. The van der Waals surface area contributed by atoms with Crippen molar-refractivity contribution in [2.75, 3.05) is 11.5 Å². The summed E-state index contributed by atoms with van der Waals surface area (Å²) in [6.45, 7) is 6.17. The molecular weight excluding hydrogens is 448 g/mol. The highest BCUT2D eigenvalue weighted by atomic mass is 35.5. The number of aliphatic hydroxyl groups is 1. The van der Waals surface area contributed by atoms with Crippen molar-refractivity contribution in [2.24, 2.45) is 0 Å². The number of hydrogen-bond acceptors (Lipinski definition) is 6. The predicted octanol–water partition coefficient (Wildman–Crippen LogP) is 5.44. The number of halogens is 1. The Morgan fingerprint density at radius 3 is 2.34 bits per heavy atom. The number of amides is 1. The van der Waals surface area contributed by atoms with E-state index in [1.165, 1.54) is 16.2 Å². The molecule has 0 radical (unpaired) electrons. The summed E-state index contributed by atoms with van der Waals surface area (Å²) in [5.41, 5.74) is 1.85. The number of aliphatic hydroxyl groups excluding tert-OH is 1. The maximum absolute atomic E-state index is 13.1. The minimum Gasteiger partial charge on any atom is -0.507 e. The second-order valence-corrected chi connectivity index (χ2v) is 8.93. The third-order valence-corrected chi connectivity index (χ3v) is 6.62. The fourth-order valence-electron chi connectivity index (χ4n) is 3.58. The molecule has 32 heavy (non-hydrogen) atoms. The van der Waals surface area contributed by atoms with Gasteiger partial charge < -0.3 is 9.84 Å². The van der Waals surface area contributed by atoms with Gasteiger partial charge in [-0.2, -0.15) is 0 Å². The van der Waals surface area contributed by atoms with Crippen molar-refractivity contribution in [2.45, 2.75) is 26.8 Å². The lowest BCUT2D eigenvalue weighted by Crippen LogP contribution is -2.29. The average Bonchev–Trinajstić information content (AvgIpc) is 3.24. The Balaban J connectivity index is 1.90. The molecule has 1 saturated heterocycles. The molecule has 1 aliphatic rings. The molecule has 0 saturated carbocycles. The van der Waals surface area contributed by atoms with Crippen LogP contribution in [0.4, 0.5) is 5.13 Å². The first kappa shape index (κ1) is 22.0. The zero-order valence-electron chi connectivity index (χ0n) is 17.8. The second-order valence-electron chi connectivity index (χ2n) is 7.32. The van der Waals surface area contributed by atoms with Gasteiger partial charge in [-0.3, -0.25) is 14.5 Å². The van der Waals surface area contributed by atoms with Crippen molar-refractivity contribution < 1.29 is 19.4 Å². The van der Waals surface area contributed by atoms with Crippen molar-refractivity contribution in [1.82, 2.24) is 4.98 Å². The predicted molar refractivity (Wildman–Crippen MR) is 125 cm³/mol. The maximum atomic E-state index is 13.1. The molecule has 6 nitrogen and oxygen atoms in total. The molecule has 1 unspecified atom stereocenters. The highest BCUT2D eigenvalue weighted by Gasteiger charge is 2.48. The maximum Gasteiger partial charge on any atom is 0.301 e. The topological polar surface area (TPSA) is 79.7 Å². The number of carbonyl (C=O) groups is 2. The largest absolute Gasteiger partial charge is 0.507 e.